The standard InChI is InChI=1S/C21H31N5O.HI/c1-2-23-21(24-9-4-12-27-16-18-7-8-18)25-14-19-5-3-6-20(13-19)15-26-11-10-22-17-26;/h3,5-6,10-11,13,17-18H,2,4,7-9,12,14-16H2,1H3,(H2,23,24,25);1H. The number of benzene rings is 1. The normalized spacial score (nSPS) is 13.8. The van der Waals surface area contributed by atoms with E-state index in [2.05, 4.69) is 51.4 Å². The number of aliphatic imine (C=N–C) groups is 1. The van der Waals surface area contributed by atoms with Gasteiger partial charge >= 0.3 is 0 Å². The summed E-state index contributed by atoms with van der Waals surface area (Å²) in [6, 6.07) is 8.56. The Morgan fingerprint density at radius 1 is 1.29 bits per heavy atom. The number of hydrogen-bond acceptors (Lipinski definition) is 3. The third kappa shape index (κ3) is 8.60. The molecule has 0 radical (unpaired) electrons. The van der Waals surface area contributed by atoms with Crippen LogP contribution in [-0.2, 0) is 17.8 Å². The molecule has 1 aromatic heterocycles. The molecule has 1 aliphatic carbocycles. The fourth-order valence-electron chi connectivity index (χ4n) is 2.85. The van der Waals surface area contributed by atoms with Gasteiger partial charge in [0.1, 0.15) is 0 Å². The Bertz CT molecular complexity index is 701. The summed E-state index contributed by atoms with van der Waals surface area (Å²) in [5.74, 6) is 1.70. The van der Waals surface area contributed by atoms with Gasteiger partial charge in [-0.3, -0.25) is 0 Å². The Balaban J connectivity index is 0.00000280. The first-order valence-electron chi connectivity index (χ1n) is 9.97. The van der Waals surface area contributed by atoms with Crippen molar-refractivity contribution < 1.29 is 4.74 Å². The van der Waals surface area contributed by atoms with E-state index in [1.165, 1.54) is 24.0 Å². The Labute approximate surface area is 185 Å². The van der Waals surface area contributed by atoms with E-state index in [-0.39, 0.29) is 24.0 Å². The molecule has 0 amide bonds. The van der Waals surface area contributed by atoms with Crippen LogP contribution in [-0.4, -0.2) is 41.8 Å². The topological polar surface area (TPSA) is 63.5 Å². The predicted octanol–water partition coefficient (Wildman–Crippen LogP) is 3.42. The van der Waals surface area contributed by atoms with Gasteiger partial charge in [0.15, 0.2) is 5.96 Å². The van der Waals surface area contributed by atoms with E-state index in [0.29, 0.717) is 6.54 Å². The van der Waals surface area contributed by atoms with Crippen molar-refractivity contribution in [1.29, 1.82) is 0 Å². The van der Waals surface area contributed by atoms with Gasteiger partial charge in [0, 0.05) is 45.2 Å². The molecule has 2 aromatic rings. The quantitative estimate of drug-likeness (QED) is 0.216. The molecule has 0 spiro atoms. The summed E-state index contributed by atoms with van der Waals surface area (Å²) >= 11 is 0. The lowest BCUT2D eigenvalue weighted by atomic mass is 10.1. The second-order valence-corrected chi connectivity index (χ2v) is 7.05. The maximum Gasteiger partial charge on any atom is 0.191 e. The average Bonchev–Trinajstić information content (AvgIpc) is 3.37. The van der Waals surface area contributed by atoms with E-state index >= 15 is 0 Å². The number of imidazole rings is 1. The molecule has 0 aliphatic heterocycles. The van der Waals surface area contributed by atoms with Gasteiger partial charge in [-0.2, -0.15) is 0 Å². The summed E-state index contributed by atoms with van der Waals surface area (Å²) in [6.07, 6.45) is 9.31. The largest absolute Gasteiger partial charge is 0.381 e. The highest BCUT2D eigenvalue weighted by atomic mass is 127. The van der Waals surface area contributed by atoms with E-state index in [9.17, 15) is 0 Å². The van der Waals surface area contributed by atoms with Crippen molar-refractivity contribution in [3.8, 4) is 0 Å². The maximum absolute atomic E-state index is 5.68. The molecule has 1 heterocycles. The Hall–Kier alpha value is -1.61. The molecule has 2 N–H and O–H groups in total. The van der Waals surface area contributed by atoms with Crippen LogP contribution in [0, 0.1) is 5.92 Å². The molecule has 1 fully saturated rings. The summed E-state index contributed by atoms with van der Waals surface area (Å²) in [6.45, 7) is 7.05. The van der Waals surface area contributed by atoms with Crippen LogP contribution >= 0.6 is 24.0 Å². The Morgan fingerprint density at radius 2 is 2.14 bits per heavy atom. The van der Waals surface area contributed by atoms with Gasteiger partial charge in [-0.1, -0.05) is 24.3 Å². The number of nitrogens with one attached hydrogen (secondary N) is 2. The van der Waals surface area contributed by atoms with Crippen LogP contribution in [0.1, 0.15) is 37.3 Å². The smallest absolute Gasteiger partial charge is 0.191 e. The van der Waals surface area contributed by atoms with E-state index in [0.717, 1.165) is 51.1 Å². The number of nitrogens with zero attached hydrogens (tertiary/aromatic N) is 3. The van der Waals surface area contributed by atoms with Crippen molar-refractivity contribution in [2.75, 3.05) is 26.3 Å². The minimum atomic E-state index is 0. The van der Waals surface area contributed by atoms with Crippen molar-refractivity contribution >= 4 is 29.9 Å². The zero-order valence-corrected chi connectivity index (χ0v) is 19.0. The molecule has 1 aromatic carbocycles. The third-order valence-electron chi connectivity index (χ3n) is 4.49. The molecule has 0 saturated heterocycles. The van der Waals surface area contributed by atoms with Crippen LogP contribution in [0.25, 0.3) is 0 Å². The van der Waals surface area contributed by atoms with Crippen molar-refractivity contribution in [1.82, 2.24) is 20.2 Å². The minimum absolute atomic E-state index is 0. The molecule has 0 bridgehead atoms. The molecule has 3 rings (SSSR count). The summed E-state index contributed by atoms with van der Waals surface area (Å²) in [7, 11) is 0. The van der Waals surface area contributed by atoms with Gasteiger partial charge in [-0.05, 0) is 43.2 Å². The van der Waals surface area contributed by atoms with E-state index in [4.69, 9.17) is 9.73 Å². The van der Waals surface area contributed by atoms with Crippen LogP contribution in [0.5, 0.6) is 0 Å². The highest BCUT2D eigenvalue weighted by Crippen LogP contribution is 2.28. The highest BCUT2D eigenvalue weighted by Gasteiger charge is 2.20. The molecule has 0 unspecified atom stereocenters. The monoisotopic (exact) mass is 497 g/mol. The highest BCUT2D eigenvalue weighted by molar-refractivity contribution is 14.0. The Morgan fingerprint density at radius 3 is 2.89 bits per heavy atom. The van der Waals surface area contributed by atoms with Crippen LogP contribution in [0.2, 0.25) is 0 Å². The molecule has 1 saturated carbocycles. The number of halogens is 1. The lowest BCUT2D eigenvalue weighted by molar-refractivity contribution is 0.123. The molecule has 154 valence electrons. The predicted molar refractivity (Wildman–Crippen MR) is 124 cm³/mol. The van der Waals surface area contributed by atoms with E-state index < -0.39 is 0 Å². The molecule has 1 aliphatic rings. The number of rotatable bonds is 11. The fourth-order valence-corrected chi connectivity index (χ4v) is 2.85. The van der Waals surface area contributed by atoms with E-state index in [1.54, 1.807) is 6.20 Å². The first-order chi connectivity index (χ1) is 13.3. The van der Waals surface area contributed by atoms with Crippen LogP contribution in [0.15, 0.2) is 48.0 Å². The molecule has 28 heavy (non-hydrogen) atoms. The van der Waals surface area contributed by atoms with Crippen LogP contribution < -0.4 is 10.6 Å². The summed E-state index contributed by atoms with van der Waals surface area (Å²) in [5.41, 5.74) is 2.46. The molecule has 7 heteroatoms. The van der Waals surface area contributed by atoms with Gasteiger partial charge < -0.3 is 19.9 Å². The van der Waals surface area contributed by atoms with Crippen molar-refractivity contribution in [3.05, 3.63) is 54.1 Å². The van der Waals surface area contributed by atoms with Crippen LogP contribution in [0.4, 0.5) is 0 Å². The Kier molecular flexibility index (Phi) is 10.3. The van der Waals surface area contributed by atoms with Gasteiger partial charge in [0.2, 0.25) is 0 Å². The van der Waals surface area contributed by atoms with Gasteiger partial charge in [-0.25, -0.2) is 9.98 Å². The molecule has 6 nitrogen and oxygen atoms in total. The first kappa shape index (κ1) is 22.7. The number of aromatic nitrogens is 2. The summed E-state index contributed by atoms with van der Waals surface area (Å²) in [4.78, 5) is 8.81. The van der Waals surface area contributed by atoms with Gasteiger partial charge in [-0.15, -0.1) is 24.0 Å². The first-order valence-corrected chi connectivity index (χ1v) is 9.97. The number of guanidine groups is 1. The zero-order valence-electron chi connectivity index (χ0n) is 16.6. The summed E-state index contributed by atoms with van der Waals surface area (Å²) in [5, 5.41) is 6.70. The third-order valence-corrected chi connectivity index (χ3v) is 4.49. The summed E-state index contributed by atoms with van der Waals surface area (Å²) < 4.78 is 7.75. The second kappa shape index (κ2) is 12.8. The molecular weight excluding hydrogens is 465 g/mol. The lowest BCUT2D eigenvalue weighted by Crippen LogP contribution is -2.38. The van der Waals surface area contributed by atoms with Gasteiger partial charge in [0.05, 0.1) is 12.9 Å². The van der Waals surface area contributed by atoms with Crippen molar-refractivity contribution in [2.24, 2.45) is 10.9 Å². The van der Waals surface area contributed by atoms with Gasteiger partial charge in [0.25, 0.3) is 0 Å². The van der Waals surface area contributed by atoms with E-state index in [1.807, 2.05) is 12.5 Å². The van der Waals surface area contributed by atoms with Crippen LogP contribution in [0.3, 0.4) is 0 Å². The number of hydrogen-bond donors (Lipinski definition) is 2. The van der Waals surface area contributed by atoms with Crippen molar-refractivity contribution in [2.45, 2.75) is 39.3 Å². The SMILES string of the molecule is CCNC(=NCc1cccc(Cn2ccnc2)c1)NCCCOCC1CC1.I. The zero-order chi connectivity index (χ0) is 18.7. The second-order valence-electron chi connectivity index (χ2n) is 7.05. The number of ether oxygens (including phenoxy) is 1. The lowest BCUT2D eigenvalue weighted by Gasteiger charge is -2.12. The minimum Gasteiger partial charge on any atom is -0.381 e. The average molecular weight is 497 g/mol. The maximum atomic E-state index is 5.68. The molecular formula is C21H32IN5O. The molecule has 0 atom stereocenters. The fraction of sp³-hybridized carbons (Fsp3) is 0.524. The van der Waals surface area contributed by atoms with Crippen molar-refractivity contribution in [3.63, 3.8) is 0 Å².